The summed E-state index contributed by atoms with van der Waals surface area (Å²) in [5, 5.41) is 8.03. The molecule has 0 radical (unpaired) electrons. The van der Waals surface area contributed by atoms with Crippen molar-refractivity contribution in [2.75, 3.05) is 13.3 Å². The summed E-state index contributed by atoms with van der Waals surface area (Å²) in [6.45, 7) is 2.76. The molecule has 3 rings (SSSR count). The second-order valence-corrected chi connectivity index (χ2v) is 5.50. The number of amides is 1. The molecule has 3 N–H and O–H groups in total. The minimum Gasteiger partial charge on any atom is -0.462 e. The van der Waals surface area contributed by atoms with Crippen LogP contribution in [0.5, 0.6) is 0 Å². The van der Waals surface area contributed by atoms with Crippen molar-refractivity contribution in [1.82, 2.24) is 21.1 Å². The summed E-state index contributed by atoms with van der Waals surface area (Å²) < 4.78 is 5.27. The van der Waals surface area contributed by atoms with Gasteiger partial charge in [0.1, 0.15) is 0 Å². The van der Waals surface area contributed by atoms with Gasteiger partial charge < -0.3 is 4.74 Å². The molecule has 1 aromatic rings. The van der Waals surface area contributed by atoms with Crippen molar-refractivity contribution in [1.29, 1.82) is 0 Å². The molecule has 22 heavy (non-hydrogen) atoms. The second-order valence-electron chi connectivity index (χ2n) is 5.50. The first-order valence-electron chi connectivity index (χ1n) is 7.45. The third kappa shape index (κ3) is 2.96. The second kappa shape index (κ2) is 6.43. The van der Waals surface area contributed by atoms with Crippen LogP contribution in [0.3, 0.4) is 0 Å². The van der Waals surface area contributed by atoms with Crippen LogP contribution in [0, 0.1) is 5.92 Å². The van der Waals surface area contributed by atoms with Crippen molar-refractivity contribution < 1.29 is 14.3 Å². The molecule has 2 saturated heterocycles. The van der Waals surface area contributed by atoms with E-state index in [1.807, 2.05) is 13.0 Å². The third-order valence-electron chi connectivity index (χ3n) is 4.05. The Hall–Kier alpha value is -1.96. The Morgan fingerprint density at radius 2 is 2.14 bits per heavy atom. The van der Waals surface area contributed by atoms with Crippen LogP contribution in [-0.2, 0) is 9.53 Å². The molecule has 7 heteroatoms. The summed E-state index contributed by atoms with van der Waals surface area (Å²) in [4.78, 5) is 24.3. The third-order valence-corrected chi connectivity index (χ3v) is 4.05. The summed E-state index contributed by atoms with van der Waals surface area (Å²) in [6, 6.07) is 8.87. The van der Waals surface area contributed by atoms with Crippen LogP contribution < -0.4 is 16.1 Å². The Morgan fingerprint density at radius 1 is 1.36 bits per heavy atom. The van der Waals surface area contributed by atoms with E-state index < -0.39 is 0 Å². The van der Waals surface area contributed by atoms with Crippen LogP contribution in [0.1, 0.15) is 23.7 Å². The van der Waals surface area contributed by atoms with Crippen LogP contribution in [0.2, 0.25) is 0 Å². The Balaban J connectivity index is 1.52. The molecule has 0 aromatic heterocycles. The summed E-state index contributed by atoms with van der Waals surface area (Å²) in [5.41, 5.74) is 3.51. The maximum Gasteiger partial charge on any atom is 0.338 e. The van der Waals surface area contributed by atoms with Crippen molar-refractivity contribution in [2.24, 2.45) is 5.92 Å². The summed E-state index contributed by atoms with van der Waals surface area (Å²) in [6.07, 6.45) is 0.335. The normalized spacial score (nSPS) is 27.6. The number of rotatable bonds is 4. The Kier molecular flexibility index (Phi) is 4.37. The summed E-state index contributed by atoms with van der Waals surface area (Å²) in [5.74, 6) is -0.549. The number of fused-ring (bicyclic) bond motifs is 1. The number of hydrogen-bond acceptors (Lipinski definition) is 6. The van der Waals surface area contributed by atoms with Gasteiger partial charge in [-0.1, -0.05) is 18.2 Å². The van der Waals surface area contributed by atoms with E-state index >= 15 is 0 Å². The standard InChI is InChI=1S/C15H20N4O3/c1-10-12(13(20)19-15(18-10)16-9-17-19)7-8-22-14(21)11-5-3-2-4-6-11/h2-6,10,12,15-18H,7-9H2,1H3. The first-order valence-corrected chi connectivity index (χ1v) is 7.45. The molecular weight excluding hydrogens is 284 g/mol. The van der Waals surface area contributed by atoms with Crippen molar-refractivity contribution in [3.8, 4) is 0 Å². The number of hydrazine groups is 1. The largest absolute Gasteiger partial charge is 0.462 e. The zero-order valence-electron chi connectivity index (χ0n) is 12.4. The highest BCUT2D eigenvalue weighted by atomic mass is 16.5. The molecule has 1 amide bonds. The smallest absolute Gasteiger partial charge is 0.338 e. The average Bonchev–Trinajstić information content (AvgIpc) is 2.99. The molecule has 3 atom stereocenters. The maximum atomic E-state index is 12.4. The van der Waals surface area contributed by atoms with Crippen molar-refractivity contribution in [2.45, 2.75) is 25.7 Å². The minimum atomic E-state index is -0.358. The van der Waals surface area contributed by atoms with E-state index in [2.05, 4.69) is 16.1 Å². The van der Waals surface area contributed by atoms with Gasteiger partial charge in [-0.15, -0.1) is 0 Å². The van der Waals surface area contributed by atoms with E-state index in [1.54, 1.807) is 29.3 Å². The molecule has 3 unspecified atom stereocenters. The van der Waals surface area contributed by atoms with Gasteiger partial charge in [0.15, 0.2) is 6.29 Å². The zero-order valence-corrected chi connectivity index (χ0v) is 12.4. The monoisotopic (exact) mass is 304 g/mol. The van der Waals surface area contributed by atoms with Gasteiger partial charge in [-0.2, -0.15) is 0 Å². The van der Waals surface area contributed by atoms with Crippen LogP contribution >= 0.6 is 0 Å². The van der Waals surface area contributed by atoms with Crippen molar-refractivity contribution in [3.63, 3.8) is 0 Å². The quantitative estimate of drug-likeness (QED) is 0.680. The topological polar surface area (TPSA) is 82.7 Å². The minimum absolute atomic E-state index is 0.0246. The average molecular weight is 304 g/mol. The van der Waals surface area contributed by atoms with Gasteiger partial charge in [0.05, 0.1) is 24.8 Å². The van der Waals surface area contributed by atoms with Gasteiger partial charge in [-0.25, -0.2) is 15.2 Å². The van der Waals surface area contributed by atoms with Gasteiger partial charge in [-0.05, 0) is 25.5 Å². The molecule has 0 aliphatic carbocycles. The van der Waals surface area contributed by atoms with E-state index in [0.717, 1.165) is 0 Å². The van der Waals surface area contributed by atoms with Gasteiger partial charge in [0.2, 0.25) is 5.91 Å². The maximum absolute atomic E-state index is 12.4. The fourth-order valence-corrected chi connectivity index (χ4v) is 2.82. The highest BCUT2D eigenvalue weighted by Crippen LogP contribution is 2.20. The molecule has 2 fully saturated rings. The lowest BCUT2D eigenvalue weighted by atomic mass is 9.94. The first-order chi connectivity index (χ1) is 10.7. The zero-order chi connectivity index (χ0) is 15.5. The molecule has 7 nitrogen and oxygen atoms in total. The number of esters is 1. The number of carbonyl (C=O) groups is 2. The van der Waals surface area contributed by atoms with Crippen molar-refractivity contribution >= 4 is 11.9 Å². The number of ether oxygens (including phenoxy) is 1. The highest BCUT2D eigenvalue weighted by Gasteiger charge is 2.41. The predicted molar refractivity (Wildman–Crippen MR) is 79.2 cm³/mol. The van der Waals surface area contributed by atoms with Crippen LogP contribution in [0.15, 0.2) is 30.3 Å². The molecule has 2 aliphatic heterocycles. The summed E-state index contributed by atoms with van der Waals surface area (Å²) in [7, 11) is 0. The number of nitrogens with one attached hydrogen (secondary N) is 3. The molecule has 2 heterocycles. The molecule has 2 aliphatic rings. The van der Waals surface area contributed by atoms with E-state index in [0.29, 0.717) is 18.7 Å². The van der Waals surface area contributed by atoms with E-state index in [-0.39, 0.29) is 36.7 Å². The number of hydrogen-bond donors (Lipinski definition) is 3. The first kappa shape index (κ1) is 15.0. The molecule has 1 aromatic carbocycles. The van der Waals surface area contributed by atoms with Crippen LogP contribution in [-0.4, -0.2) is 42.5 Å². The van der Waals surface area contributed by atoms with E-state index in [1.165, 1.54) is 0 Å². The lowest BCUT2D eigenvalue weighted by Gasteiger charge is -2.38. The lowest BCUT2D eigenvalue weighted by Crippen LogP contribution is -2.64. The lowest BCUT2D eigenvalue weighted by molar-refractivity contribution is -0.147. The Labute approximate surface area is 129 Å². The molecular formula is C15H20N4O3. The number of carbonyl (C=O) groups excluding carboxylic acids is 2. The van der Waals surface area contributed by atoms with Crippen molar-refractivity contribution in [3.05, 3.63) is 35.9 Å². The fourth-order valence-electron chi connectivity index (χ4n) is 2.82. The fraction of sp³-hybridized carbons (Fsp3) is 0.467. The Morgan fingerprint density at radius 3 is 2.91 bits per heavy atom. The van der Waals surface area contributed by atoms with Gasteiger partial charge >= 0.3 is 5.97 Å². The van der Waals surface area contributed by atoms with E-state index in [9.17, 15) is 9.59 Å². The SMILES string of the molecule is CC1NC2NCNN2C(=O)C1CCOC(=O)c1ccccc1. The van der Waals surface area contributed by atoms with E-state index in [4.69, 9.17) is 4.74 Å². The molecule has 0 saturated carbocycles. The highest BCUT2D eigenvalue weighted by molar-refractivity contribution is 5.89. The number of benzene rings is 1. The Bertz CT molecular complexity index is 551. The molecule has 0 bridgehead atoms. The van der Waals surface area contributed by atoms with Gasteiger partial charge in [0.25, 0.3) is 0 Å². The van der Waals surface area contributed by atoms with Crippen LogP contribution in [0.4, 0.5) is 0 Å². The molecule has 118 valence electrons. The number of nitrogens with zero attached hydrogens (tertiary/aromatic N) is 1. The van der Waals surface area contributed by atoms with Gasteiger partial charge in [-0.3, -0.25) is 15.4 Å². The predicted octanol–water partition coefficient (Wildman–Crippen LogP) is 0.0189. The summed E-state index contributed by atoms with van der Waals surface area (Å²) >= 11 is 0. The van der Waals surface area contributed by atoms with Crippen LogP contribution in [0.25, 0.3) is 0 Å². The molecule has 0 spiro atoms. The van der Waals surface area contributed by atoms with Gasteiger partial charge in [0, 0.05) is 6.04 Å².